The first-order valence-corrected chi connectivity index (χ1v) is 3.56. The van der Waals surface area contributed by atoms with E-state index in [1.807, 2.05) is 37.3 Å². The summed E-state index contributed by atoms with van der Waals surface area (Å²) in [6.45, 7) is 1.98. The van der Waals surface area contributed by atoms with Gasteiger partial charge in [0.25, 0.3) is 0 Å². The fraction of sp³-hybridized carbons (Fsp3) is 0.200. The van der Waals surface area contributed by atoms with Crippen molar-refractivity contribution in [3.8, 4) is 5.75 Å². The predicted octanol–water partition coefficient (Wildman–Crippen LogP) is 2.53. The van der Waals surface area contributed by atoms with E-state index in [4.69, 9.17) is 4.74 Å². The van der Waals surface area contributed by atoms with Gasteiger partial charge in [-0.1, -0.05) is 24.3 Å². The van der Waals surface area contributed by atoms with Crippen LogP contribution in [0.15, 0.2) is 24.3 Å². The zero-order valence-corrected chi connectivity index (χ0v) is 6.79. The molecule has 0 atom stereocenters. The zero-order chi connectivity index (χ0) is 8.10. The monoisotopic (exact) mass is 147 g/mol. The molecule has 0 fully saturated rings. The van der Waals surface area contributed by atoms with Gasteiger partial charge in [-0.15, -0.1) is 0 Å². The van der Waals surface area contributed by atoms with E-state index in [0.29, 0.717) is 0 Å². The quantitative estimate of drug-likeness (QED) is 0.624. The molecule has 0 aliphatic rings. The topological polar surface area (TPSA) is 9.23 Å². The summed E-state index contributed by atoms with van der Waals surface area (Å²) in [5.41, 5.74) is 1.05. The summed E-state index contributed by atoms with van der Waals surface area (Å²) in [5.74, 6) is 0.778. The highest BCUT2D eigenvalue weighted by molar-refractivity contribution is 5.50. The lowest BCUT2D eigenvalue weighted by Gasteiger charge is -1.98. The van der Waals surface area contributed by atoms with Gasteiger partial charge in [0.1, 0.15) is 5.75 Å². The number of hydrogen-bond acceptors (Lipinski definition) is 1. The van der Waals surface area contributed by atoms with E-state index in [0.717, 1.165) is 11.3 Å². The Balaban J connectivity index is 2.91. The molecule has 0 spiro atoms. The van der Waals surface area contributed by atoms with Crippen LogP contribution < -0.4 is 4.74 Å². The lowest BCUT2D eigenvalue weighted by Crippen LogP contribution is -1.82. The molecule has 57 valence electrons. The third-order valence-corrected chi connectivity index (χ3v) is 1.36. The lowest BCUT2D eigenvalue weighted by atomic mass is 10.2. The van der Waals surface area contributed by atoms with Crippen LogP contribution in [0.2, 0.25) is 0 Å². The molecular formula is C10H11O. The smallest absolute Gasteiger partial charge is 0.127 e. The molecule has 0 aliphatic heterocycles. The maximum atomic E-state index is 5.01. The van der Waals surface area contributed by atoms with Gasteiger partial charge in [-0.05, 0) is 18.6 Å². The van der Waals surface area contributed by atoms with Gasteiger partial charge in [-0.3, -0.25) is 0 Å². The maximum absolute atomic E-state index is 5.01. The number of benzene rings is 1. The van der Waals surface area contributed by atoms with Gasteiger partial charge < -0.3 is 4.74 Å². The Morgan fingerprint density at radius 2 is 2.27 bits per heavy atom. The van der Waals surface area contributed by atoms with Crippen molar-refractivity contribution in [3.63, 3.8) is 0 Å². The molecular weight excluding hydrogens is 136 g/mol. The van der Waals surface area contributed by atoms with Crippen LogP contribution in [0.1, 0.15) is 12.5 Å². The Morgan fingerprint density at radius 1 is 1.45 bits per heavy atom. The number of allylic oxidation sites excluding steroid dienone is 1. The second-order valence-electron chi connectivity index (χ2n) is 2.17. The third-order valence-electron chi connectivity index (χ3n) is 1.36. The zero-order valence-electron chi connectivity index (χ0n) is 6.79. The van der Waals surface area contributed by atoms with E-state index in [9.17, 15) is 0 Å². The minimum atomic E-state index is 0.778. The van der Waals surface area contributed by atoms with Crippen LogP contribution >= 0.6 is 0 Å². The summed E-state index contributed by atoms with van der Waals surface area (Å²) < 4.78 is 5.01. The van der Waals surface area contributed by atoms with Crippen molar-refractivity contribution >= 4 is 6.08 Å². The Kier molecular flexibility index (Phi) is 2.73. The van der Waals surface area contributed by atoms with Crippen LogP contribution in [0.4, 0.5) is 0 Å². The van der Waals surface area contributed by atoms with E-state index in [1.54, 1.807) is 7.11 Å². The van der Waals surface area contributed by atoms with E-state index >= 15 is 0 Å². The van der Waals surface area contributed by atoms with Crippen molar-refractivity contribution in [2.45, 2.75) is 6.92 Å². The molecule has 11 heavy (non-hydrogen) atoms. The highest BCUT2D eigenvalue weighted by Crippen LogP contribution is 2.11. The minimum Gasteiger partial charge on any atom is -0.496 e. The second kappa shape index (κ2) is 3.81. The summed E-state index contributed by atoms with van der Waals surface area (Å²) >= 11 is 0. The first kappa shape index (κ1) is 7.86. The molecule has 1 radical (unpaired) electrons. The summed E-state index contributed by atoms with van der Waals surface area (Å²) in [4.78, 5) is 0. The fourth-order valence-electron chi connectivity index (χ4n) is 0.861. The first-order valence-electron chi connectivity index (χ1n) is 3.56. The molecule has 0 amide bonds. The molecule has 1 aromatic carbocycles. The van der Waals surface area contributed by atoms with Crippen LogP contribution in [0.5, 0.6) is 5.75 Å². The highest BCUT2D eigenvalue weighted by Gasteiger charge is 1.90. The van der Waals surface area contributed by atoms with Crippen molar-refractivity contribution in [1.29, 1.82) is 0 Å². The summed E-state index contributed by atoms with van der Waals surface area (Å²) in [6.07, 6.45) is 3.97. The van der Waals surface area contributed by atoms with E-state index < -0.39 is 0 Å². The van der Waals surface area contributed by atoms with Crippen LogP contribution in [0.25, 0.3) is 6.08 Å². The third kappa shape index (κ3) is 2.11. The van der Waals surface area contributed by atoms with Gasteiger partial charge in [-0.25, -0.2) is 0 Å². The molecule has 1 heteroatoms. The van der Waals surface area contributed by atoms with Gasteiger partial charge in [0.2, 0.25) is 0 Å². The summed E-state index contributed by atoms with van der Waals surface area (Å²) in [7, 11) is 1.64. The van der Waals surface area contributed by atoms with Crippen LogP contribution in [0, 0.1) is 6.07 Å². The molecule has 0 N–H and O–H groups in total. The molecule has 0 saturated heterocycles. The van der Waals surface area contributed by atoms with Gasteiger partial charge in [0.15, 0.2) is 0 Å². The van der Waals surface area contributed by atoms with Crippen molar-refractivity contribution in [3.05, 3.63) is 35.9 Å². The lowest BCUT2D eigenvalue weighted by molar-refractivity contribution is 0.414. The number of ether oxygens (including phenoxy) is 1. The maximum Gasteiger partial charge on any atom is 0.127 e. The average Bonchev–Trinajstić information content (AvgIpc) is 2.06. The van der Waals surface area contributed by atoms with Gasteiger partial charge >= 0.3 is 0 Å². The minimum absolute atomic E-state index is 0.778. The normalized spacial score (nSPS) is 10.4. The molecule has 1 aromatic rings. The Morgan fingerprint density at radius 3 is 2.91 bits per heavy atom. The van der Waals surface area contributed by atoms with Crippen LogP contribution in [-0.2, 0) is 0 Å². The highest BCUT2D eigenvalue weighted by atomic mass is 16.5. The van der Waals surface area contributed by atoms with E-state index in [1.165, 1.54) is 0 Å². The molecule has 0 saturated carbocycles. The summed E-state index contributed by atoms with van der Waals surface area (Å²) in [6, 6.07) is 8.91. The second-order valence-corrected chi connectivity index (χ2v) is 2.17. The van der Waals surface area contributed by atoms with Crippen molar-refractivity contribution in [2.24, 2.45) is 0 Å². The van der Waals surface area contributed by atoms with E-state index in [-0.39, 0.29) is 0 Å². The number of hydrogen-bond donors (Lipinski definition) is 0. The molecule has 0 aromatic heterocycles. The number of methoxy groups -OCH3 is 1. The van der Waals surface area contributed by atoms with Crippen molar-refractivity contribution < 1.29 is 4.74 Å². The van der Waals surface area contributed by atoms with Crippen LogP contribution in [0.3, 0.4) is 0 Å². The van der Waals surface area contributed by atoms with E-state index in [2.05, 4.69) is 6.07 Å². The fourth-order valence-corrected chi connectivity index (χ4v) is 0.861. The molecule has 0 bridgehead atoms. The van der Waals surface area contributed by atoms with Gasteiger partial charge in [-0.2, -0.15) is 0 Å². The SMILES string of the molecule is C/C=C/c1[c]c(OC)ccc1. The Bertz CT molecular complexity index is 251. The average molecular weight is 147 g/mol. The van der Waals surface area contributed by atoms with Gasteiger partial charge in [0, 0.05) is 6.07 Å². The molecule has 0 unspecified atom stereocenters. The standard InChI is InChI=1S/C10H11O/c1-3-5-9-6-4-7-10(8-9)11-2/h3-7H,1-2H3/b5-3+. The summed E-state index contributed by atoms with van der Waals surface area (Å²) in [5, 5.41) is 0. The van der Waals surface area contributed by atoms with Crippen molar-refractivity contribution in [2.75, 3.05) is 7.11 Å². The van der Waals surface area contributed by atoms with Crippen molar-refractivity contribution in [1.82, 2.24) is 0 Å². The largest absolute Gasteiger partial charge is 0.496 e. The Labute approximate surface area is 67.3 Å². The first-order chi connectivity index (χ1) is 5.36. The molecule has 1 rings (SSSR count). The van der Waals surface area contributed by atoms with Crippen LogP contribution in [-0.4, -0.2) is 7.11 Å². The molecule has 1 nitrogen and oxygen atoms in total. The van der Waals surface area contributed by atoms with Gasteiger partial charge in [0.05, 0.1) is 7.11 Å². The molecule has 0 aliphatic carbocycles. The Hall–Kier alpha value is -1.24. The molecule has 0 heterocycles. The predicted molar refractivity (Wildman–Crippen MR) is 46.5 cm³/mol. The number of rotatable bonds is 2.